The molecular weight excluding hydrogens is 266 g/mol. The SMILES string of the molecule is CN(C)C(=O)C1CCc2c([nH]c3c(C(N)=O)cccc23)C1. The molecule has 1 aliphatic rings. The maximum absolute atomic E-state index is 12.1. The van der Waals surface area contributed by atoms with Crippen LogP contribution in [-0.4, -0.2) is 35.8 Å². The molecule has 0 spiro atoms. The van der Waals surface area contributed by atoms with Gasteiger partial charge in [-0.2, -0.15) is 0 Å². The number of benzene rings is 1. The number of carbonyl (C=O) groups is 2. The molecule has 5 heteroatoms. The van der Waals surface area contributed by atoms with Crippen LogP contribution in [-0.2, 0) is 17.6 Å². The van der Waals surface area contributed by atoms with Crippen LogP contribution in [0.3, 0.4) is 0 Å². The topological polar surface area (TPSA) is 79.2 Å². The average molecular weight is 285 g/mol. The van der Waals surface area contributed by atoms with Gasteiger partial charge in [0.2, 0.25) is 5.91 Å². The zero-order chi connectivity index (χ0) is 15.1. The van der Waals surface area contributed by atoms with E-state index in [1.165, 1.54) is 5.56 Å². The van der Waals surface area contributed by atoms with Crippen molar-refractivity contribution in [3.8, 4) is 0 Å². The lowest BCUT2D eigenvalue weighted by atomic mass is 9.86. The lowest BCUT2D eigenvalue weighted by Gasteiger charge is -2.24. The van der Waals surface area contributed by atoms with Crippen molar-refractivity contribution in [1.82, 2.24) is 9.88 Å². The Hall–Kier alpha value is -2.30. The van der Waals surface area contributed by atoms with E-state index in [1.807, 2.05) is 12.1 Å². The number of nitrogens with one attached hydrogen (secondary N) is 1. The number of para-hydroxylation sites is 1. The number of hydrogen-bond acceptors (Lipinski definition) is 2. The van der Waals surface area contributed by atoms with E-state index in [9.17, 15) is 9.59 Å². The number of nitrogens with two attached hydrogens (primary N) is 1. The predicted octanol–water partition coefficient (Wildman–Crippen LogP) is 1.46. The van der Waals surface area contributed by atoms with Crippen molar-refractivity contribution in [1.29, 1.82) is 0 Å². The summed E-state index contributed by atoms with van der Waals surface area (Å²) >= 11 is 0. The van der Waals surface area contributed by atoms with E-state index in [-0.39, 0.29) is 11.8 Å². The molecule has 2 aromatic rings. The molecule has 0 fully saturated rings. The maximum Gasteiger partial charge on any atom is 0.250 e. The Morgan fingerprint density at radius 3 is 2.76 bits per heavy atom. The van der Waals surface area contributed by atoms with E-state index in [1.54, 1.807) is 25.1 Å². The molecule has 0 saturated heterocycles. The number of aryl methyl sites for hydroxylation is 1. The zero-order valence-corrected chi connectivity index (χ0v) is 12.3. The van der Waals surface area contributed by atoms with Gasteiger partial charge in [0.1, 0.15) is 0 Å². The first-order chi connectivity index (χ1) is 9.99. The number of carbonyl (C=O) groups excluding carboxylic acids is 2. The van der Waals surface area contributed by atoms with E-state index in [2.05, 4.69) is 4.98 Å². The molecule has 110 valence electrons. The van der Waals surface area contributed by atoms with Gasteiger partial charge in [-0.05, 0) is 30.9 Å². The molecule has 1 heterocycles. The third-order valence-electron chi connectivity index (χ3n) is 4.28. The largest absolute Gasteiger partial charge is 0.366 e. The van der Waals surface area contributed by atoms with Crippen LogP contribution in [0.2, 0.25) is 0 Å². The molecule has 5 nitrogen and oxygen atoms in total. The first kappa shape index (κ1) is 13.7. The molecule has 1 aromatic carbocycles. The fourth-order valence-corrected chi connectivity index (χ4v) is 3.24. The summed E-state index contributed by atoms with van der Waals surface area (Å²) in [7, 11) is 3.57. The number of aromatic amines is 1. The molecule has 0 bridgehead atoms. The first-order valence-corrected chi connectivity index (χ1v) is 7.12. The van der Waals surface area contributed by atoms with Gasteiger partial charge >= 0.3 is 0 Å². The normalized spacial score (nSPS) is 17.5. The van der Waals surface area contributed by atoms with Gasteiger partial charge in [0.05, 0.1) is 11.1 Å². The second kappa shape index (κ2) is 4.91. The van der Waals surface area contributed by atoms with Crippen LogP contribution in [0.5, 0.6) is 0 Å². The zero-order valence-electron chi connectivity index (χ0n) is 12.3. The molecule has 0 saturated carbocycles. The average Bonchev–Trinajstić information content (AvgIpc) is 2.83. The summed E-state index contributed by atoms with van der Waals surface area (Å²) < 4.78 is 0. The molecule has 3 rings (SSSR count). The fraction of sp³-hybridized carbons (Fsp3) is 0.375. The number of aromatic nitrogens is 1. The highest BCUT2D eigenvalue weighted by Gasteiger charge is 2.28. The predicted molar refractivity (Wildman–Crippen MR) is 81.0 cm³/mol. The number of fused-ring (bicyclic) bond motifs is 3. The summed E-state index contributed by atoms with van der Waals surface area (Å²) in [6.07, 6.45) is 2.39. The van der Waals surface area contributed by atoms with Crippen LogP contribution >= 0.6 is 0 Å². The van der Waals surface area contributed by atoms with Crippen LogP contribution < -0.4 is 5.73 Å². The van der Waals surface area contributed by atoms with Crippen molar-refractivity contribution in [3.05, 3.63) is 35.0 Å². The summed E-state index contributed by atoms with van der Waals surface area (Å²) in [6.45, 7) is 0. The van der Waals surface area contributed by atoms with Crippen LogP contribution in [0.1, 0.15) is 28.0 Å². The number of hydrogen-bond donors (Lipinski definition) is 2. The number of primary amides is 1. The lowest BCUT2D eigenvalue weighted by Crippen LogP contribution is -2.33. The quantitative estimate of drug-likeness (QED) is 0.876. The number of rotatable bonds is 2. The van der Waals surface area contributed by atoms with Crippen molar-refractivity contribution in [2.24, 2.45) is 11.7 Å². The monoisotopic (exact) mass is 285 g/mol. The number of nitrogens with zero attached hydrogens (tertiary/aromatic N) is 1. The van der Waals surface area contributed by atoms with E-state index in [0.29, 0.717) is 12.0 Å². The smallest absolute Gasteiger partial charge is 0.250 e. The number of amides is 2. The third kappa shape index (κ3) is 2.18. The van der Waals surface area contributed by atoms with Crippen molar-refractivity contribution in [2.45, 2.75) is 19.3 Å². The van der Waals surface area contributed by atoms with Gasteiger partial charge in [0.15, 0.2) is 0 Å². The fourth-order valence-electron chi connectivity index (χ4n) is 3.24. The van der Waals surface area contributed by atoms with Gasteiger partial charge in [-0.3, -0.25) is 9.59 Å². The molecule has 1 atom stereocenters. The van der Waals surface area contributed by atoms with Crippen molar-refractivity contribution < 1.29 is 9.59 Å². The van der Waals surface area contributed by atoms with Gasteiger partial charge < -0.3 is 15.6 Å². The Balaban J connectivity index is 2.04. The van der Waals surface area contributed by atoms with Crippen LogP contribution in [0.25, 0.3) is 10.9 Å². The second-order valence-electron chi connectivity index (χ2n) is 5.85. The van der Waals surface area contributed by atoms with E-state index < -0.39 is 5.91 Å². The molecule has 21 heavy (non-hydrogen) atoms. The van der Waals surface area contributed by atoms with Crippen molar-refractivity contribution >= 4 is 22.7 Å². The second-order valence-corrected chi connectivity index (χ2v) is 5.85. The summed E-state index contributed by atoms with van der Waals surface area (Å²) in [5.41, 5.74) is 9.02. The molecule has 2 amide bonds. The van der Waals surface area contributed by atoms with E-state index >= 15 is 0 Å². The molecule has 1 unspecified atom stereocenters. The Morgan fingerprint density at radius 1 is 1.33 bits per heavy atom. The summed E-state index contributed by atoms with van der Waals surface area (Å²) in [5, 5.41) is 1.05. The minimum absolute atomic E-state index is 0.0117. The first-order valence-electron chi connectivity index (χ1n) is 7.12. The van der Waals surface area contributed by atoms with Gasteiger partial charge in [-0.15, -0.1) is 0 Å². The van der Waals surface area contributed by atoms with Gasteiger partial charge in [0, 0.05) is 31.1 Å². The van der Waals surface area contributed by atoms with Crippen molar-refractivity contribution in [3.63, 3.8) is 0 Å². The Bertz CT molecular complexity index is 730. The van der Waals surface area contributed by atoms with Crippen LogP contribution in [0.15, 0.2) is 18.2 Å². The molecule has 1 aliphatic carbocycles. The molecule has 3 N–H and O–H groups in total. The maximum atomic E-state index is 12.1. The molecule has 0 radical (unpaired) electrons. The van der Waals surface area contributed by atoms with E-state index in [0.717, 1.165) is 29.4 Å². The lowest BCUT2D eigenvalue weighted by molar-refractivity contribution is -0.133. The Morgan fingerprint density at radius 2 is 2.10 bits per heavy atom. The molecular formula is C16H19N3O2. The highest BCUT2D eigenvalue weighted by molar-refractivity contribution is 6.06. The molecule has 1 aromatic heterocycles. The summed E-state index contributed by atoms with van der Waals surface area (Å²) in [5.74, 6) is -0.257. The summed E-state index contributed by atoms with van der Waals surface area (Å²) in [4.78, 5) is 28.6. The van der Waals surface area contributed by atoms with Crippen LogP contribution in [0.4, 0.5) is 0 Å². The minimum Gasteiger partial charge on any atom is -0.366 e. The van der Waals surface area contributed by atoms with E-state index in [4.69, 9.17) is 5.73 Å². The van der Waals surface area contributed by atoms with Gasteiger partial charge in [0.25, 0.3) is 5.91 Å². The standard InChI is InChI=1S/C16H19N3O2/c1-19(2)16(21)9-6-7-10-11-4-3-5-12(15(17)20)14(11)18-13(10)8-9/h3-5,9,18H,6-8H2,1-2H3,(H2,17,20). The summed E-state index contributed by atoms with van der Waals surface area (Å²) in [6, 6.07) is 5.59. The highest BCUT2D eigenvalue weighted by Crippen LogP contribution is 2.33. The molecule has 0 aliphatic heterocycles. The third-order valence-corrected chi connectivity index (χ3v) is 4.28. The highest BCUT2D eigenvalue weighted by atomic mass is 16.2. The van der Waals surface area contributed by atoms with Crippen molar-refractivity contribution in [2.75, 3.05) is 14.1 Å². The van der Waals surface area contributed by atoms with Crippen LogP contribution in [0, 0.1) is 5.92 Å². The van der Waals surface area contributed by atoms with Gasteiger partial charge in [-0.25, -0.2) is 0 Å². The minimum atomic E-state index is -0.430. The number of H-pyrrole nitrogens is 1. The Kier molecular flexibility index (Phi) is 3.20. The van der Waals surface area contributed by atoms with Gasteiger partial charge in [-0.1, -0.05) is 12.1 Å². The Labute approximate surface area is 123 Å².